The number of hydrogen-bond acceptors (Lipinski definition) is 4. The van der Waals surface area contributed by atoms with Crippen molar-refractivity contribution in [2.75, 3.05) is 12.4 Å². The van der Waals surface area contributed by atoms with E-state index >= 15 is 0 Å². The highest BCUT2D eigenvalue weighted by atomic mass is 35.5. The van der Waals surface area contributed by atoms with E-state index < -0.39 is 5.25 Å². The molecule has 1 unspecified atom stereocenters. The maximum absolute atomic E-state index is 12.9. The Morgan fingerprint density at radius 1 is 1.22 bits per heavy atom. The van der Waals surface area contributed by atoms with Crippen LogP contribution >= 0.6 is 35.0 Å². The zero-order valence-corrected chi connectivity index (χ0v) is 16.4. The second-order valence-corrected chi connectivity index (χ2v) is 7.74. The molecule has 5 nitrogen and oxygen atoms in total. The number of hydrogen-bond donors (Lipinski definition) is 1. The first-order chi connectivity index (χ1) is 12.8. The Balaban J connectivity index is 1.67. The van der Waals surface area contributed by atoms with E-state index in [0.29, 0.717) is 26.6 Å². The van der Waals surface area contributed by atoms with Crippen LogP contribution in [0.5, 0.6) is 0 Å². The smallest absolute Gasteiger partial charge is 0.242 e. The molecule has 2 aromatic carbocycles. The van der Waals surface area contributed by atoms with Gasteiger partial charge < -0.3 is 5.32 Å². The van der Waals surface area contributed by atoms with E-state index in [1.54, 1.807) is 25.2 Å². The van der Waals surface area contributed by atoms with Crippen LogP contribution in [0.1, 0.15) is 6.42 Å². The molecule has 1 saturated heterocycles. The van der Waals surface area contributed by atoms with Crippen LogP contribution in [0.15, 0.2) is 47.5 Å². The third-order valence-electron chi connectivity index (χ3n) is 3.77. The minimum atomic E-state index is -0.586. The first-order valence-corrected chi connectivity index (χ1v) is 9.50. The molecule has 0 aliphatic carbocycles. The third-order valence-corrected chi connectivity index (χ3v) is 5.74. The minimum absolute atomic E-state index is 0.0222. The number of nitrogens with zero attached hydrogens (tertiary/aromatic N) is 2. The Labute approximate surface area is 169 Å². The molecule has 0 saturated carbocycles. The molecule has 1 aliphatic rings. The van der Waals surface area contributed by atoms with Crippen LogP contribution in [-0.4, -0.2) is 34.2 Å². The molecule has 1 heterocycles. The van der Waals surface area contributed by atoms with Crippen molar-refractivity contribution in [3.05, 3.63) is 58.3 Å². The highest BCUT2D eigenvalue weighted by molar-refractivity contribution is 8.15. The number of halogens is 3. The summed E-state index contributed by atoms with van der Waals surface area (Å²) in [6, 6.07) is 10.3. The first kappa shape index (κ1) is 19.7. The number of amides is 2. The van der Waals surface area contributed by atoms with Crippen molar-refractivity contribution in [3.63, 3.8) is 0 Å². The van der Waals surface area contributed by atoms with Crippen molar-refractivity contribution in [1.29, 1.82) is 0 Å². The number of nitrogens with one attached hydrogen (secondary N) is 1. The van der Waals surface area contributed by atoms with Gasteiger partial charge in [-0.05, 0) is 42.5 Å². The van der Waals surface area contributed by atoms with Gasteiger partial charge in [-0.15, -0.1) is 0 Å². The normalized spacial score (nSPS) is 18.2. The molecule has 140 valence electrons. The third kappa shape index (κ3) is 4.80. The quantitative estimate of drug-likeness (QED) is 0.770. The van der Waals surface area contributed by atoms with Crippen LogP contribution in [0.3, 0.4) is 0 Å². The lowest BCUT2D eigenvalue weighted by Crippen LogP contribution is -2.30. The van der Waals surface area contributed by atoms with Crippen molar-refractivity contribution in [3.8, 4) is 0 Å². The van der Waals surface area contributed by atoms with Gasteiger partial charge >= 0.3 is 0 Å². The fourth-order valence-corrected chi connectivity index (χ4v) is 3.82. The zero-order valence-electron chi connectivity index (χ0n) is 14.1. The van der Waals surface area contributed by atoms with E-state index in [9.17, 15) is 14.0 Å². The van der Waals surface area contributed by atoms with Crippen LogP contribution in [0, 0.1) is 5.82 Å². The Morgan fingerprint density at radius 2 is 1.93 bits per heavy atom. The van der Waals surface area contributed by atoms with Crippen molar-refractivity contribution >= 4 is 63.3 Å². The van der Waals surface area contributed by atoms with E-state index in [1.165, 1.54) is 40.9 Å². The van der Waals surface area contributed by atoms with Crippen LogP contribution in [0.4, 0.5) is 15.8 Å². The second kappa shape index (κ2) is 8.29. The molecule has 1 aliphatic heterocycles. The fourth-order valence-electron chi connectivity index (χ4n) is 2.38. The standard InChI is InChI=1S/C18H14Cl2FN3O2S/c1-24-17(26)15(9-16(25)22-11-4-2-10(21)3-5-11)27-18(24)23-12-6-7-13(19)14(20)8-12/h2-8,15H,9H2,1H3,(H,22,25). The second-order valence-electron chi connectivity index (χ2n) is 5.76. The number of carbonyl (C=O) groups excluding carboxylic acids is 2. The van der Waals surface area contributed by atoms with Gasteiger partial charge in [-0.1, -0.05) is 35.0 Å². The van der Waals surface area contributed by atoms with Crippen molar-refractivity contribution in [2.24, 2.45) is 4.99 Å². The van der Waals surface area contributed by atoms with E-state index in [-0.39, 0.29) is 24.1 Å². The summed E-state index contributed by atoms with van der Waals surface area (Å²) in [5.41, 5.74) is 1.03. The average Bonchev–Trinajstić information content (AvgIpc) is 2.88. The maximum Gasteiger partial charge on any atom is 0.242 e. The number of rotatable bonds is 4. The largest absolute Gasteiger partial charge is 0.326 e. The lowest BCUT2D eigenvalue weighted by molar-refractivity contribution is -0.127. The first-order valence-electron chi connectivity index (χ1n) is 7.87. The summed E-state index contributed by atoms with van der Waals surface area (Å²) in [6.07, 6.45) is -0.0222. The molecule has 3 rings (SSSR count). The number of anilines is 1. The number of carbonyl (C=O) groups is 2. The van der Waals surface area contributed by atoms with E-state index in [2.05, 4.69) is 10.3 Å². The van der Waals surface area contributed by atoms with Gasteiger partial charge in [0.1, 0.15) is 11.1 Å². The van der Waals surface area contributed by atoms with Crippen molar-refractivity contribution in [2.45, 2.75) is 11.7 Å². The number of thioether (sulfide) groups is 1. The Bertz CT molecular complexity index is 921. The summed E-state index contributed by atoms with van der Waals surface area (Å²) < 4.78 is 12.9. The molecule has 0 spiro atoms. The maximum atomic E-state index is 12.9. The molecule has 27 heavy (non-hydrogen) atoms. The molecular formula is C18H14Cl2FN3O2S. The van der Waals surface area contributed by atoms with Gasteiger partial charge in [-0.3, -0.25) is 14.5 Å². The van der Waals surface area contributed by atoms with Gasteiger partial charge in [-0.2, -0.15) is 0 Å². The lowest BCUT2D eigenvalue weighted by Gasteiger charge is -2.09. The van der Waals surface area contributed by atoms with Gasteiger partial charge in [0, 0.05) is 19.2 Å². The SMILES string of the molecule is CN1C(=O)C(CC(=O)Nc2ccc(F)cc2)SC1=Nc1ccc(Cl)c(Cl)c1. The summed E-state index contributed by atoms with van der Waals surface area (Å²) in [6.45, 7) is 0. The van der Waals surface area contributed by atoms with E-state index in [1.807, 2.05) is 0 Å². The number of aliphatic imine (C=N–C) groups is 1. The number of benzene rings is 2. The molecule has 9 heteroatoms. The zero-order chi connectivity index (χ0) is 19.6. The van der Waals surface area contributed by atoms with Crippen LogP contribution in [0.25, 0.3) is 0 Å². The molecule has 0 bridgehead atoms. The van der Waals surface area contributed by atoms with Crippen molar-refractivity contribution in [1.82, 2.24) is 4.90 Å². The predicted octanol–water partition coefficient (Wildman–Crippen LogP) is 4.72. The molecule has 0 aromatic heterocycles. The molecule has 1 atom stereocenters. The lowest BCUT2D eigenvalue weighted by atomic mass is 10.2. The highest BCUT2D eigenvalue weighted by Crippen LogP contribution is 2.32. The van der Waals surface area contributed by atoms with Gasteiger partial charge in [0.2, 0.25) is 11.8 Å². The van der Waals surface area contributed by atoms with E-state index in [0.717, 1.165) is 0 Å². The van der Waals surface area contributed by atoms with Crippen LogP contribution in [0.2, 0.25) is 10.0 Å². The highest BCUT2D eigenvalue weighted by Gasteiger charge is 2.37. The molecular weight excluding hydrogens is 412 g/mol. The topological polar surface area (TPSA) is 61.8 Å². The Morgan fingerprint density at radius 3 is 2.59 bits per heavy atom. The van der Waals surface area contributed by atoms with Gasteiger partial charge in [0.25, 0.3) is 0 Å². The van der Waals surface area contributed by atoms with Gasteiger partial charge in [0.15, 0.2) is 5.17 Å². The summed E-state index contributed by atoms with van der Waals surface area (Å²) >= 11 is 13.1. The molecule has 1 N–H and O–H groups in total. The molecule has 1 fully saturated rings. The van der Waals surface area contributed by atoms with Crippen LogP contribution < -0.4 is 5.32 Å². The molecule has 2 amide bonds. The Hall–Kier alpha value is -2.09. The predicted molar refractivity (Wildman–Crippen MR) is 107 cm³/mol. The monoisotopic (exact) mass is 425 g/mol. The molecule has 2 aromatic rings. The summed E-state index contributed by atoms with van der Waals surface area (Å²) in [5.74, 6) is -0.941. The average molecular weight is 426 g/mol. The fraction of sp³-hybridized carbons (Fsp3) is 0.167. The molecule has 0 radical (unpaired) electrons. The summed E-state index contributed by atoms with van der Waals surface area (Å²) in [5, 5.41) is 3.31. The van der Waals surface area contributed by atoms with Crippen molar-refractivity contribution < 1.29 is 14.0 Å². The van der Waals surface area contributed by atoms with E-state index in [4.69, 9.17) is 23.2 Å². The summed E-state index contributed by atoms with van der Waals surface area (Å²) in [7, 11) is 1.60. The Kier molecular flexibility index (Phi) is 6.04. The minimum Gasteiger partial charge on any atom is -0.326 e. The van der Waals surface area contributed by atoms with Gasteiger partial charge in [-0.25, -0.2) is 9.38 Å². The summed E-state index contributed by atoms with van der Waals surface area (Å²) in [4.78, 5) is 30.4. The number of amidine groups is 1. The van der Waals surface area contributed by atoms with Gasteiger partial charge in [0.05, 0.1) is 15.7 Å². The van der Waals surface area contributed by atoms with Crippen LogP contribution in [-0.2, 0) is 9.59 Å².